The lowest BCUT2D eigenvalue weighted by molar-refractivity contribution is -0.136. The molecular formula is C12H17NO3S. The molecule has 4 nitrogen and oxygen atoms in total. The summed E-state index contributed by atoms with van der Waals surface area (Å²) in [6, 6.07) is 5.44. The van der Waals surface area contributed by atoms with Crippen LogP contribution in [0.4, 0.5) is 5.69 Å². The third kappa shape index (κ3) is 4.56. The van der Waals surface area contributed by atoms with Crippen LogP contribution in [-0.4, -0.2) is 22.9 Å². The zero-order valence-electron chi connectivity index (χ0n) is 9.97. The summed E-state index contributed by atoms with van der Waals surface area (Å²) in [5, 5.41) is 8.68. The number of rotatable bonds is 6. The summed E-state index contributed by atoms with van der Waals surface area (Å²) >= 11 is 1.45. The van der Waals surface area contributed by atoms with E-state index in [0.29, 0.717) is 12.3 Å². The number of hydrogen-bond acceptors (Lipinski definition) is 4. The number of nitrogen functional groups attached to an aromatic ring is 1. The van der Waals surface area contributed by atoms with Gasteiger partial charge in [-0.25, -0.2) is 0 Å². The first-order valence-corrected chi connectivity index (χ1v) is 6.31. The molecule has 0 radical (unpaired) electrons. The van der Waals surface area contributed by atoms with E-state index in [1.165, 1.54) is 11.8 Å². The Kier molecular flexibility index (Phi) is 5.15. The predicted molar refractivity (Wildman–Crippen MR) is 69.6 cm³/mol. The minimum atomic E-state index is -0.801. The zero-order valence-corrected chi connectivity index (χ0v) is 10.8. The Morgan fingerprint density at radius 1 is 1.59 bits per heavy atom. The number of carbonyl (C=O) groups is 1. The van der Waals surface area contributed by atoms with E-state index in [1.54, 1.807) is 6.07 Å². The predicted octanol–water partition coefficient (Wildman–Crippen LogP) is 2.62. The highest BCUT2D eigenvalue weighted by molar-refractivity contribution is 8.00. The molecule has 94 valence electrons. The van der Waals surface area contributed by atoms with E-state index in [0.717, 1.165) is 10.6 Å². The van der Waals surface area contributed by atoms with Gasteiger partial charge in [0, 0.05) is 15.8 Å². The largest absolute Gasteiger partial charge is 0.494 e. The minimum absolute atomic E-state index is 0.0216. The van der Waals surface area contributed by atoms with Crippen LogP contribution in [0.2, 0.25) is 0 Å². The minimum Gasteiger partial charge on any atom is -0.494 e. The van der Waals surface area contributed by atoms with Gasteiger partial charge < -0.3 is 15.6 Å². The second-order valence-electron chi connectivity index (χ2n) is 3.66. The van der Waals surface area contributed by atoms with Crippen molar-refractivity contribution in [2.24, 2.45) is 0 Å². The molecule has 1 rings (SSSR count). The van der Waals surface area contributed by atoms with Crippen LogP contribution >= 0.6 is 11.8 Å². The van der Waals surface area contributed by atoms with Crippen molar-refractivity contribution in [3.8, 4) is 5.75 Å². The molecule has 3 N–H and O–H groups in total. The highest BCUT2D eigenvalue weighted by Crippen LogP contribution is 2.33. The van der Waals surface area contributed by atoms with E-state index < -0.39 is 5.97 Å². The number of hydrogen-bond donors (Lipinski definition) is 2. The molecule has 17 heavy (non-hydrogen) atoms. The van der Waals surface area contributed by atoms with Crippen molar-refractivity contribution in [2.45, 2.75) is 30.4 Å². The molecule has 0 amide bonds. The molecule has 0 spiro atoms. The van der Waals surface area contributed by atoms with E-state index in [1.807, 2.05) is 26.0 Å². The van der Waals surface area contributed by atoms with Crippen LogP contribution in [0.5, 0.6) is 5.75 Å². The molecule has 1 unspecified atom stereocenters. The summed E-state index contributed by atoms with van der Waals surface area (Å²) in [5.41, 5.74) is 6.49. The summed E-state index contributed by atoms with van der Waals surface area (Å²) in [6.07, 6.45) is 0.114. The van der Waals surface area contributed by atoms with Gasteiger partial charge in [-0.1, -0.05) is 6.92 Å². The maximum absolute atomic E-state index is 10.6. The number of ether oxygens (including phenoxy) is 1. The number of aliphatic carboxylic acids is 1. The van der Waals surface area contributed by atoms with Crippen LogP contribution in [-0.2, 0) is 4.79 Å². The van der Waals surface area contributed by atoms with Crippen molar-refractivity contribution >= 4 is 23.4 Å². The molecule has 1 aromatic carbocycles. The van der Waals surface area contributed by atoms with Gasteiger partial charge >= 0.3 is 5.97 Å². The van der Waals surface area contributed by atoms with E-state index in [4.69, 9.17) is 15.6 Å². The third-order valence-corrected chi connectivity index (χ3v) is 3.26. The normalized spacial score (nSPS) is 12.1. The second kappa shape index (κ2) is 6.39. The van der Waals surface area contributed by atoms with Crippen molar-refractivity contribution in [2.75, 3.05) is 12.3 Å². The quantitative estimate of drug-likeness (QED) is 0.604. The summed E-state index contributed by atoms with van der Waals surface area (Å²) in [6.45, 7) is 4.38. The van der Waals surface area contributed by atoms with Gasteiger partial charge in [0.05, 0.1) is 13.0 Å². The van der Waals surface area contributed by atoms with Crippen LogP contribution in [0.25, 0.3) is 0 Å². The molecule has 5 heteroatoms. The first-order valence-electron chi connectivity index (χ1n) is 5.43. The fourth-order valence-corrected chi connectivity index (χ4v) is 2.43. The molecule has 0 aromatic heterocycles. The molecule has 1 atom stereocenters. The van der Waals surface area contributed by atoms with Crippen LogP contribution < -0.4 is 10.5 Å². The highest BCUT2D eigenvalue weighted by atomic mass is 32.2. The fourth-order valence-electron chi connectivity index (χ4n) is 1.38. The highest BCUT2D eigenvalue weighted by Gasteiger charge is 2.11. The lowest BCUT2D eigenvalue weighted by Crippen LogP contribution is -2.06. The second-order valence-corrected chi connectivity index (χ2v) is 5.14. The van der Waals surface area contributed by atoms with Gasteiger partial charge in [0.2, 0.25) is 0 Å². The summed E-state index contributed by atoms with van der Waals surface area (Å²) < 4.78 is 5.38. The topological polar surface area (TPSA) is 72.5 Å². The van der Waals surface area contributed by atoms with Gasteiger partial charge in [-0.15, -0.1) is 11.8 Å². The van der Waals surface area contributed by atoms with Gasteiger partial charge in [-0.2, -0.15) is 0 Å². The molecule has 0 aliphatic heterocycles. The van der Waals surface area contributed by atoms with E-state index in [9.17, 15) is 4.79 Å². The lowest BCUT2D eigenvalue weighted by Gasteiger charge is -2.12. The Labute approximate surface area is 105 Å². The number of carboxylic acid groups (broad SMARTS) is 1. The van der Waals surface area contributed by atoms with Crippen LogP contribution in [0.1, 0.15) is 20.3 Å². The van der Waals surface area contributed by atoms with E-state index >= 15 is 0 Å². The van der Waals surface area contributed by atoms with Crippen molar-refractivity contribution in [1.82, 2.24) is 0 Å². The maximum atomic E-state index is 10.6. The fraction of sp³-hybridized carbons (Fsp3) is 0.417. The molecule has 1 aromatic rings. The smallest absolute Gasteiger partial charge is 0.304 e. The number of carboxylic acids is 1. The van der Waals surface area contributed by atoms with Gasteiger partial charge in [0.15, 0.2) is 0 Å². The number of thioether (sulfide) groups is 1. The van der Waals surface area contributed by atoms with Crippen molar-refractivity contribution < 1.29 is 14.6 Å². The average Bonchev–Trinajstić information content (AvgIpc) is 2.22. The summed E-state index contributed by atoms with van der Waals surface area (Å²) in [4.78, 5) is 11.5. The van der Waals surface area contributed by atoms with Gasteiger partial charge in [0.1, 0.15) is 5.75 Å². The monoisotopic (exact) mass is 255 g/mol. The molecule has 0 bridgehead atoms. The molecule has 0 saturated carbocycles. The Bertz CT molecular complexity index is 395. The van der Waals surface area contributed by atoms with Crippen LogP contribution in [0.15, 0.2) is 23.1 Å². The standard InChI is InChI=1S/C12H17NO3S/c1-3-16-9-4-5-10(13)11(7-9)17-8(2)6-12(14)15/h4-5,7-8H,3,6,13H2,1-2H3,(H,14,15). The molecule has 0 heterocycles. The van der Waals surface area contributed by atoms with Gasteiger partial charge in [-0.3, -0.25) is 4.79 Å². The Hall–Kier alpha value is -1.36. The number of anilines is 1. The Morgan fingerprint density at radius 2 is 2.29 bits per heavy atom. The van der Waals surface area contributed by atoms with E-state index in [-0.39, 0.29) is 11.7 Å². The van der Waals surface area contributed by atoms with Crippen LogP contribution in [0.3, 0.4) is 0 Å². The average molecular weight is 255 g/mol. The molecule has 0 aliphatic rings. The van der Waals surface area contributed by atoms with Crippen molar-refractivity contribution in [3.05, 3.63) is 18.2 Å². The third-order valence-electron chi connectivity index (χ3n) is 2.09. The number of nitrogens with two attached hydrogens (primary N) is 1. The first kappa shape index (κ1) is 13.7. The molecular weight excluding hydrogens is 238 g/mol. The summed E-state index contributed by atoms with van der Waals surface area (Å²) in [5.74, 6) is -0.0451. The Morgan fingerprint density at radius 3 is 2.88 bits per heavy atom. The molecule has 0 fully saturated rings. The molecule has 0 aliphatic carbocycles. The van der Waals surface area contributed by atoms with Crippen molar-refractivity contribution in [1.29, 1.82) is 0 Å². The van der Waals surface area contributed by atoms with Crippen LogP contribution in [0, 0.1) is 0 Å². The van der Waals surface area contributed by atoms with Gasteiger partial charge in [-0.05, 0) is 25.1 Å². The zero-order chi connectivity index (χ0) is 12.8. The lowest BCUT2D eigenvalue weighted by atomic mass is 10.3. The molecule has 0 saturated heterocycles. The Balaban J connectivity index is 2.74. The first-order chi connectivity index (χ1) is 8.02. The maximum Gasteiger partial charge on any atom is 0.304 e. The summed E-state index contributed by atoms with van der Waals surface area (Å²) in [7, 11) is 0. The van der Waals surface area contributed by atoms with Crippen molar-refractivity contribution in [3.63, 3.8) is 0 Å². The van der Waals surface area contributed by atoms with Gasteiger partial charge in [0.25, 0.3) is 0 Å². The number of benzene rings is 1. The SMILES string of the molecule is CCOc1ccc(N)c(SC(C)CC(=O)O)c1. The van der Waals surface area contributed by atoms with E-state index in [2.05, 4.69) is 0 Å².